The largest absolute Gasteiger partial charge is 0.397 e. The van der Waals surface area contributed by atoms with Crippen molar-refractivity contribution in [3.8, 4) is 0 Å². The summed E-state index contributed by atoms with van der Waals surface area (Å²) in [4.78, 5) is 3.98. The molecule has 66 valence electrons. The van der Waals surface area contributed by atoms with Crippen LogP contribution >= 0.6 is 0 Å². The first-order valence-corrected chi connectivity index (χ1v) is 4.09. The maximum absolute atomic E-state index is 5.67. The zero-order valence-electron chi connectivity index (χ0n) is 7.54. The Morgan fingerprint density at radius 2 is 2.08 bits per heavy atom. The average molecular weight is 165 g/mol. The Balaban J connectivity index is 2.90. The van der Waals surface area contributed by atoms with E-state index >= 15 is 0 Å². The Labute approximate surface area is 72.8 Å². The number of nitrogens with zero attached hydrogens (tertiary/aromatic N) is 1. The second-order valence-electron chi connectivity index (χ2n) is 3.41. The zero-order valence-corrected chi connectivity index (χ0v) is 7.54. The molecule has 1 rings (SSSR count). The molecule has 0 atom stereocenters. The van der Waals surface area contributed by atoms with Gasteiger partial charge >= 0.3 is 0 Å². The lowest BCUT2D eigenvalue weighted by atomic mass is 10.0. The van der Waals surface area contributed by atoms with Gasteiger partial charge in [-0.25, -0.2) is 4.98 Å². The van der Waals surface area contributed by atoms with E-state index in [1.165, 1.54) is 0 Å². The molecular formula is C9H15N3. The van der Waals surface area contributed by atoms with Crippen molar-refractivity contribution in [3.05, 3.63) is 17.8 Å². The van der Waals surface area contributed by atoms with E-state index in [4.69, 9.17) is 11.5 Å². The first-order valence-electron chi connectivity index (χ1n) is 4.09. The van der Waals surface area contributed by atoms with Gasteiger partial charge in [-0.2, -0.15) is 0 Å². The Hall–Kier alpha value is -1.25. The van der Waals surface area contributed by atoms with Crippen LogP contribution in [0.15, 0.2) is 12.3 Å². The van der Waals surface area contributed by atoms with Crippen molar-refractivity contribution in [2.75, 3.05) is 11.5 Å². The van der Waals surface area contributed by atoms with E-state index in [1.807, 2.05) is 6.07 Å². The minimum Gasteiger partial charge on any atom is -0.397 e. The lowest BCUT2D eigenvalue weighted by Crippen LogP contribution is -2.02. The molecule has 12 heavy (non-hydrogen) atoms. The minimum atomic E-state index is 0.580. The fourth-order valence-corrected chi connectivity index (χ4v) is 1.14. The van der Waals surface area contributed by atoms with Crippen molar-refractivity contribution in [1.29, 1.82) is 0 Å². The van der Waals surface area contributed by atoms with Gasteiger partial charge < -0.3 is 11.5 Å². The number of nitrogen functional groups attached to an aromatic ring is 2. The molecule has 0 unspecified atom stereocenters. The first-order chi connectivity index (χ1) is 5.59. The molecule has 0 aliphatic heterocycles. The highest BCUT2D eigenvalue weighted by Gasteiger charge is 2.03. The van der Waals surface area contributed by atoms with Crippen LogP contribution in [-0.4, -0.2) is 4.98 Å². The van der Waals surface area contributed by atoms with E-state index in [-0.39, 0.29) is 0 Å². The summed E-state index contributed by atoms with van der Waals surface area (Å²) in [6.07, 6.45) is 2.52. The molecule has 1 aromatic rings. The molecule has 1 heterocycles. The summed E-state index contributed by atoms with van der Waals surface area (Å²) in [5.74, 6) is 1.17. The van der Waals surface area contributed by atoms with Crippen LogP contribution in [0.1, 0.15) is 19.4 Å². The lowest BCUT2D eigenvalue weighted by Gasteiger charge is -2.07. The van der Waals surface area contributed by atoms with E-state index in [9.17, 15) is 0 Å². The fraction of sp³-hybridized carbons (Fsp3) is 0.444. The van der Waals surface area contributed by atoms with E-state index in [0.29, 0.717) is 17.4 Å². The van der Waals surface area contributed by atoms with Crippen molar-refractivity contribution in [1.82, 2.24) is 4.98 Å². The number of anilines is 2. The molecule has 0 fully saturated rings. The predicted octanol–water partition coefficient (Wildman–Crippen LogP) is 1.44. The second kappa shape index (κ2) is 3.43. The highest BCUT2D eigenvalue weighted by molar-refractivity contribution is 5.48. The SMILES string of the molecule is CC(C)Cc1cc(N)cnc1N. The third-order valence-electron chi connectivity index (χ3n) is 1.65. The molecule has 0 saturated carbocycles. The topological polar surface area (TPSA) is 64.9 Å². The molecule has 3 heteroatoms. The smallest absolute Gasteiger partial charge is 0.126 e. The summed E-state index contributed by atoms with van der Waals surface area (Å²) < 4.78 is 0. The summed E-state index contributed by atoms with van der Waals surface area (Å²) in [5.41, 5.74) is 13.0. The fourth-order valence-electron chi connectivity index (χ4n) is 1.14. The van der Waals surface area contributed by atoms with Crippen LogP contribution in [0.3, 0.4) is 0 Å². The molecule has 0 radical (unpaired) electrons. The summed E-state index contributed by atoms with van der Waals surface area (Å²) in [5, 5.41) is 0. The second-order valence-corrected chi connectivity index (χ2v) is 3.41. The standard InChI is InChI=1S/C9H15N3/c1-6(2)3-7-4-8(10)5-12-9(7)11/h4-6H,3,10H2,1-2H3,(H2,11,12). The number of rotatable bonds is 2. The number of nitrogens with two attached hydrogens (primary N) is 2. The average Bonchev–Trinajstić information content (AvgIpc) is 1.96. The summed E-state index contributed by atoms with van der Waals surface area (Å²) in [6, 6.07) is 1.89. The van der Waals surface area contributed by atoms with Crippen LogP contribution in [0.25, 0.3) is 0 Å². The van der Waals surface area contributed by atoms with Gasteiger partial charge in [-0.05, 0) is 24.0 Å². The summed E-state index contributed by atoms with van der Waals surface area (Å²) in [7, 11) is 0. The van der Waals surface area contributed by atoms with Gasteiger partial charge in [0, 0.05) is 0 Å². The van der Waals surface area contributed by atoms with Gasteiger partial charge in [-0.1, -0.05) is 13.8 Å². The molecule has 0 amide bonds. The zero-order chi connectivity index (χ0) is 9.14. The van der Waals surface area contributed by atoms with Crippen molar-refractivity contribution in [2.45, 2.75) is 20.3 Å². The number of pyridine rings is 1. The quantitative estimate of drug-likeness (QED) is 0.697. The monoisotopic (exact) mass is 165 g/mol. The summed E-state index contributed by atoms with van der Waals surface area (Å²) >= 11 is 0. The molecular weight excluding hydrogens is 150 g/mol. The maximum atomic E-state index is 5.67. The van der Waals surface area contributed by atoms with Crippen LogP contribution < -0.4 is 11.5 Å². The highest BCUT2D eigenvalue weighted by Crippen LogP contribution is 2.16. The van der Waals surface area contributed by atoms with Crippen LogP contribution in [0.2, 0.25) is 0 Å². The van der Waals surface area contributed by atoms with Crippen molar-refractivity contribution in [3.63, 3.8) is 0 Å². The maximum Gasteiger partial charge on any atom is 0.126 e. The van der Waals surface area contributed by atoms with Gasteiger partial charge in [0.15, 0.2) is 0 Å². The van der Waals surface area contributed by atoms with Gasteiger partial charge in [-0.3, -0.25) is 0 Å². The van der Waals surface area contributed by atoms with Gasteiger partial charge in [-0.15, -0.1) is 0 Å². The van der Waals surface area contributed by atoms with Gasteiger partial charge in [0.05, 0.1) is 11.9 Å². The minimum absolute atomic E-state index is 0.580. The Bertz CT molecular complexity index is 268. The molecule has 0 aromatic carbocycles. The molecule has 4 N–H and O–H groups in total. The van der Waals surface area contributed by atoms with Gasteiger partial charge in [0.1, 0.15) is 5.82 Å². The van der Waals surface area contributed by atoms with Crippen LogP contribution in [0.5, 0.6) is 0 Å². The predicted molar refractivity (Wildman–Crippen MR) is 51.6 cm³/mol. The van der Waals surface area contributed by atoms with E-state index in [1.54, 1.807) is 6.20 Å². The van der Waals surface area contributed by atoms with Crippen molar-refractivity contribution >= 4 is 11.5 Å². The molecule has 0 spiro atoms. The molecule has 1 aromatic heterocycles. The van der Waals surface area contributed by atoms with Crippen LogP contribution in [-0.2, 0) is 6.42 Å². The molecule has 0 bridgehead atoms. The van der Waals surface area contributed by atoms with Crippen molar-refractivity contribution < 1.29 is 0 Å². The van der Waals surface area contributed by atoms with Gasteiger partial charge in [0.2, 0.25) is 0 Å². The number of hydrogen-bond acceptors (Lipinski definition) is 3. The molecule has 0 aliphatic rings. The lowest BCUT2D eigenvalue weighted by molar-refractivity contribution is 0.647. The number of aromatic nitrogens is 1. The summed E-state index contributed by atoms with van der Waals surface area (Å²) in [6.45, 7) is 4.28. The van der Waals surface area contributed by atoms with Gasteiger partial charge in [0.25, 0.3) is 0 Å². The molecule has 0 saturated heterocycles. The number of hydrogen-bond donors (Lipinski definition) is 2. The Morgan fingerprint density at radius 1 is 1.42 bits per heavy atom. The first kappa shape index (κ1) is 8.84. The van der Waals surface area contributed by atoms with E-state index in [0.717, 1.165) is 12.0 Å². The van der Waals surface area contributed by atoms with Crippen LogP contribution in [0, 0.1) is 5.92 Å². The Morgan fingerprint density at radius 3 is 2.67 bits per heavy atom. The van der Waals surface area contributed by atoms with Crippen molar-refractivity contribution in [2.24, 2.45) is 5.92 Å². The van der Waals surface area contributed by atoms with E-state index in [2.05, 4.69) is 18.8 Å². The van der Waals surface area contributed by atoms with Crippen LogP contribution in [0.4, 0.5) is 11.5 Å². The van der Waals surface area contributed by atoms with E-state index < -0.39 is 0 Å². The Kier molecular flexibility index (Phi) is 2.53. The third-order valence-corrected chi connectivity index (χ3v) is 1.65. The third kappa shape index (κ3) is 2.12. The molecule has 0 aliphatic carbocycles. The molecule has 3 nitrogen and oxygen atoms in total. The highest BCUT2D eigenvalue weighted by atomic mass is 14.8. The normalized spacial score (nSPS) is 10.6.